The summed E-state index contributed by atoms with van der Waals surface area (Å²) in [4.78, 5) is 17.1. The first-order valence-electron chi connectivity index (χ1n) is 6.96. The van der Waals surface area contributed by atoms with E-state index in [1.54, 1.807) is 11.3 Å². The Balaban J connectivity index is 1.61. The third-order valence-electron chi connectivity index (χ3n) is 3.07. The Hall–Kier alpha value is -1.14. The van der Waals surface area contributed by atoms with Crippen molar-refractivity contribution in [1.82, 2.24) is 15.6 Å². The van der Waals surface area contributed by atoms with E-state index in [-0.39, 0.29) is 12.1 Å². The monoisotopic (exact) mass is 297 g/mol. The van der Waals surface area contributed by atoms with Crippen LogP contribution in [0.4, 0.5) is 4.79 Å². The molecule has 6 heteroatoms. The number of aromatic nitrogens is 1. The first-order valence-corrected chi connectivity index (χ1v) is 7.78. The minimum absolute atomic E-state index is 0.223. The minimum atomic E-state index is -0.436. The first-order chi connectivity index (χ1) is 9.32. The Morgan fingerprint density at radius 3 is 2.70 bits per heavy atom. The number of hydrogen-bond donors (Lipinski definition) is 2. The van der Waals surface area contributed by atoms with Gasteiger partial charge < -0.3 is 15.4 Å². The van der Waals surface area contributed by atoms with Crippen LogP contribution in [0.5, 0.6) is 0 Å². The summed E-state index contributed by atoms with van der Waals surface area (Å²) in [7, 11) is 0. The van der Waals surface area contributed by atoms with Crippen molar-refractivity contribution in [2.45, 2.75) is 64.8 Å². The number of nitrogens with one attached hydrogen (secondary N) is 2. The largest absolute Gasteiger partial charge is 0.444 e. The third-order valence-corrected chi connectivity index (χ3v) is 3.98. The molecule has 2 N–H and O–H groups in total. The second-order valence-electron chi connectivity index (χ2n) is 6.26. The van der Waals surface area contributed by atoms with Gasteiger partial charge in [0, 0.05) is 29.7 Å². The van der Waals surface area contributed by atoms with Crippen molar-refractivity contribution < 1.29 is 9.53 Å². The molecule has 0 saturated heterocycles. The van der Waals surface area contributed by atoms with Gasteiger partial charge in [0.05, 0.1) is 0 Å². The molecule has 0 aromatic carbocycles. The summed E-state index contributed by atoms with van der Waals surface area (Å²) in [5.74, 6) is 0. The molecule has 0 radical (unpaired) electrons. The number of thiazole rings is 1. The highest BCUT2D eigenvalue weighted by Crippen LogP contribution is 2.21. The predicted molar refractivity (Wildman–Crippen MR) is 79.9 cm³/mol. The van der Waals surface area contributed by atoms with Crippen LogP contribution in [0, 0.1) is 6.92 Å². The molecule has 1 aliphatic carbocycles. The van der Waals surface area contributed by atoms with E-state index in [1.165, 1.54) is 4.88 Å². The molecule has 0 aliphatic heterocycles. The molecule has 1 aromatic heterocycles. The summed E-state index contributed by atoms with van der Waals surface area (Å²) in [6, 6.07) is 0.680. The minimum Gasteiger partial charge on any atom is -0.444 e. The van der Waals surface area contributed by atoms with Crippen molar-refractivity contribution >= 4 is 17.4 Å². The standard InChI is InChI=1S/C14H23N3O2S/c1-9-7-16-12(20-9)8-15-10-5-11(6-10)17-13(18)19-14(2,3)4/h7,10-11,15H,5-6,8H2,1-4H3,(H,17,18). The van der Waals surface area contributed by atoms with Crippen molar-refractivity contribution in [2.75, 3.05) is 0 Å². The molecule has 0 bridgehead atoms. The van der Waals surface area contributed by atoms with Crippen molar-refractivity contribution in [3.63, 3.8) is 0 Å². The average Bonchev–Trinajstić information content (AvgIpc) is 2.64. The van der Waals surface area contributed by atoms with Crippen molar-refractivity contribution in [3.8, 4) is 0 Å². The lowest BCUT2D eigenvalue weighted by molar-refractivity contribution is 0.0465. The molecular formula is C14H23N3O2S. The maximum Gasteiger partial charge on any atom is 0.407 e. The Labute approximate surface area is 124 Å². The number of alkyl carbamates (subject to hydrolysis) is 1. The van der Waals surface area contributed by atoms with E-state index in [2.05, 4.69) is 22.5 Å². The number of rotatable bonds is 4. The van der Waals surface area contributed by atoms with Crippen LogP contribution in [0.15, 0.2) is 6.20 Å². The molecular weight excluding hydrogens is 274 g/mol. The maximum atomic E-state index is 11.6. The molecule has 0 spiro atoms. The quantitative estimate of drug-likeness (QED) is 0.896. The van der Waals surface area contributed by atoms with E-state index in [0.717, 1.165) is 24.4 Å². The van der Waals surface area contributed by atoms with Gasteiger partial charge in [0.25, 0.3) is 0 Å². The van der Waals surface area contributed by atoms with E-state index >= 15 is 0 Å². The fourth-order valence-electron chi connectivity index (χ4n) is 2.09. The molecule has 20 heavy (non-hydrogen) atoms. The molecule has 112 valence electrons. The van der Waals surface area contributed by atoms with Gasteiger partial charge in [-0.2, -0.15) is 0 Å². The zero-order valence-corrected chi connectivity index (χ0v) is 13.3. The Morgan fingerprint density at radius 1 is 1.45 bits per heavy atom. The lowest BCUT2D eigenvalue weighted by Gasteiger charge is -2.36. The summed E-state index contributed by atoms with van der Waals surface area (Å²) in [5, 5.41) is 7.46. The SMILES string of the molecule is Cc1cnc(CNC2CC(NC(=O)OC(C)(C)C)C2)s1. The maximum absolute atomic E-state index is 11.6. The van der Waals surface area contributed by atoms with Crippen LogP contribution >= 0.6 is 11.3 Å². The fourth-order valence-corrected chi connectivity index (χ4v) is 2.83. The van der Waals surface area contributed by atoms with E-state index in [1.807, 2.05) is 27.0 Å². The predicted octanol–water partition coefficient (Wildman–Crippen LogP) is 2.60. The molecule has 1 aromatic rings. The van der Waals surface area contributed by atoms with E-state index in [4.69, 9.17) is 4.74 Å². The summed E-state index contributed by atoms with van der Waals surface area (Å²) >= 11 is 1.72. The molecule has 0 unspecified atom stereocenters. The average molecular weight is 297 g/mol. The van der Waals surface area contributed by atoms with Gasteiger partial charge in [-0.1, -0.05) is 0 Å². The van der Waals surface area contributed by atoms with Crippen molar-refractivity contribution in [2.24, 2.45) is 0 Å². The smallest absolute Gasteiger partial charge is 0.407 e. The van der Waals surface area contributed by atoms with Crippen LogP contribution in [-0.2, 0) is 11.3 Å². The molecule has 0 atom stereocenters. The zero-order valence-electron chi connectivity index (χ0n) is 12.5. The topological polar surface area (TPSA) is 63.2 Å². The van der Waals surface area contributed by atoms with Crippen LogP contribution in [-0.4, -0.2) is 28.8 Å². The lowest BCUT2D eigenvalue weighted by Crippen LogP contribution is -2.52. The van der Waals surface area contributed by atoms with Gasteiger partial charge in [0.1, 0.15) is 10.6 Å². The molecule has 1 fully saturated rings. The Morgan fingerprint density at radius 2 is 2.15 bits per heavy atom. The van der Waals surface area contributed by atoms with E-state index in [0.29, 0.717) is 6.04 Å². The van der Waals surface area contributed by atoms with Gasteiger partial charge >= 0.3 is 6.09 Å². The summed E-state index contributed by atoms with van der Waals surface area (Å²) < 4.78 is 5.23. The first kappa shape index (κ1) is 15.3. The van der Waals surface area contributed by atoms with E-state index in [9.17, 15) is 4.79 Å². The number of nitrogens with zero attached hydrogens (tertiary/aromatic N) is 1. The van der Waals surface area contributed by atoms with Gasteiger partial charge in [-0.25, -0.2) is 9.78 Å². The normalized spacial score (nSPS) is 22.2. The van der Waals surface area contributed by atoms with Gasteiger partial charge in [0.2, 0.25) is 0 Å². The van der Waals surface area contributed by atoms with Crippen molar-refractivity contribution in [3.05, 3.63) is 16.1 Å². The fraction of sp³-hybridized carbons (Fsp3) is 0.714. The van der Waals surface area contributed by atoms with E-state index < -0.39 is 5.60 Å². The zero-order chi connectivity index (χ0) is 14.8. The van der Waals surface area contributed by atoms with Gasteiger partial charge in [-0.15, -0.1) is 11.3 Å². The highest BCUT2D eigenvalue weighted by atomic mass is 32.1. The number of ether oxygens (including phenoxy) is 1. The highest BCUT2D eigenvalue weighted by Gasteiger charge is 2.31. The van der Waals surface area contributed by atoms with Crippen LogP contribution in [0.1, 0.15) is 43.5 Å². The molecule has 1 amide bonds. The van der Waals surface area contributed by atoms with Crippen molar-refractivity contribution in [1.29, 1.82) is 0 Å². The number of hydrogen-bond acceptors (Lipinski definition) is 5. The van der Waals surface area contributed by atoms with Gasteiger partial charge in [-0.3, -0.25) is 0 Å². The summed E-state index contributed by atoms with van der Waals surface area (Å²) in [6.07, 6.45) is 3.47. The van der Waals surface area contributed by atoms with Gasteiger partial charge in [0.15, 0.2) is 0 Å². The van der Waals surface area contributed by atoms with Crippen LogP contribution in [0.3, 0.4) is 0 Å². The van der Waals surface area contributed by atoms with Crippen LogP contribution < -0.4 is 10.6 Å². The third kappa shape index (κ3) is 4.76. The van der Waals surface area contributed by atoms with Gasteiger partial charge in [-0.05, 0) is 40.5 Å². The molecule has 2 rings (SSSR count). The number of carbonyl (C=O) groups is 1. The highest BCUT2D eigenvalue weighted by molar-refractivity contribution is 7.11. The Bertz CT molecular complexity index is 461. The lowest BCUT2D eigenvalue weighted by atomic mass is 9.87. The second-order valence-corrected chi connectivity index (χ2v) is 7.58. The summed E-state index contributed by atoms with van der Waals surface area (Å²) in [6.45, 7) is 8.48. The molecule has 5 nitrogen and oxygen atoms in total. The number of aryl methyl sites for hydroxylation is 1. The Kier molecular flexibility index (Phi) is 4.65. The molecule has 1 heterocycles. The second kappa shape index (κ2) is 6.10. The van der Waals surface area contributed by atoms with Crippen LogP contribution in [0.2, 0.25) is 0 Å². The number of carbonyl (C=O) groups excluding carboxylic acids is 1. The van der Waals surface area contributed by atoms with Crippen LogP contribution in [0.25, 0.3) is 0 Å². The number of amides is 1. The molecule has 1 aliphatic rings. The summed E-state index contributed by atoms with van der Waals surface area (Å²) in [5.41, 5.74) is -0.436. The molecule has 1 saturated carbocycles.